The number of nitrogens with zero attached hydrogens (tertiary/aromatic N) is 2. The average molecular weight is 402 g/mol. The van der Waals surface area contributed by atoms with Crippen LogP contribution >= 0.6 is 0 Å². The Morgan fingerprint density at radius 2 is 1.70 bits per heavy atom. The van der Waals surface area contributed by atoms with Gasteiger partial charge in [0.05, 0.1) is 24.4 Å². The summed E-state index contributed by atoms with van der Waals surface area (Å²) in [5, 5.41) is 11.0. The van der Waals surface area contributed by atoms with E-state index in [-0.39, 0.29) is 17.9 Å². The standard InChI is InChI=1S/C24H22N2O4/c1-25(2)18-12-10-16(11-13-18)21-20(22(27)17-7-4-3-5-8-17)23(28)24(29)26(21)15-19-9-6-14-30-19/h3-14,21,27H,15H2,1-2H3/b22-20+. The third-order valence-electron chi connectivity index (χ3n) is 5.22. The molecule has 3 aromatic rings. The van der Waals surface area contributed by atoms with Crippen molar-refractivity contribution < 1.29 is 19.1 Å². The highest BCUT2D eigenvalue weighted by Gasteiger charge is 2.46. The summed E-state index contributed by atoms with van der Waals surface area (Å²) in [4.78, 5) is 29.3. The van der Waals surface area contributed by atoms with Crippen molar-refractivity contribution in [1.82, 2.24) is 4.90 Å². The number of aliphatic hydroxyl groups excluding tert-OH is 1. The van der Waals surface area contributed by atoms with Crippen molar-refractivity contribution >= 4 is 23.1 Å². The highest BCUT2D eigenvalue weighted by molar-refractivity contribution is 6.46. The monoisotopic (exact) mass is 402 g/mol. The highest BCUT2D eigenvalue weighted by atomic mass is 16.3. The lowest BCUT2D eigenvalue weighted by atomic mass is 9.95. The minimum atomic E-state index is -0.716. The van der Waals surface area contributed by atoms with Crippen LogP contribution in [-0.2, 0) is 16.1 Å². The first kappa shape index (κ1) is 19.5. The Morgan fingerprint density at radius 3 is 2.30 bits per heavy atom. The average Bonchev–Trinajstić information content (AvgIpc) is 3.36. The van der Waals surface area contributed by atoms with Crippen LogP contribution < -0.4 is 4.90 Å². The van der Waals surface area contributed by atoms with E-state index in [0.717, 1.165) is 11.3 Å². The molecule has 1 amide bonds. The number of furan rings is 1. The van der Waals surface area contributed by atoms with E-state index in [0.29, 0.717) is 11.3 Å². The molecular weight excluding hydrogens is 380 g/mol. The maximum Gasteiger partial charge on any atom is 0.296 e. The third kappa shape index (κ3) is 3.48. The molecule has 1 N–H and O–H groups in total. The topological polar surface area (TPSA) is 74.0 Å². The minimum Gasteiger partial charge on any atom is -0.507 e. The van der Waals surface area contributed by atoms with E-state index >= 15 is 0 Å². The Bertz CT molecular complexity index is 1080. The first-order valence-electron chi connectivity index (χ1n) is 9.61. The van der Waals surface area contributed by atoms with Gasteiger partial charge in [-0.3, -0.25) is 9.59 Å². The van der Waals surface area contributed by atoms with Crippen LogP contribution in [-0.4, -0.2) is 35.8 Å². The maximum absolute atomic E-state index is 13.0. The number of anilines is 1. The van der Waals surface area contributed by atoms with E-state index in [2.05, 4.69) is 0 Å². The quantitative estimate of drug-likeness (QED) is 0.397. The van der Waals surface area contributed by atoms with Gasteiger partial charge in [-0.1, -0.05) is 42.5 Å². The number of Topliss-reactive ketones (excluding diaryl/α,β-unsaturated/α-hetero) is 1. The number of likely N-dealkylation sites (tertiary alicyclic amines) is 1. The van der Waals surface area contributed by atoms with E-state index in [1.54, 1.807) is 36.4 Å². The van der Waals surface area contributed by atoms with Crippen molar-refractivity contribution in [3.8, 4) is 0 Å². The van der Waals surface area contributed by atoms with Gasteiger partial charge < -0.3 is 19.3 Å². The molecule has 1 unspecified atom stereocenters. The molecule has 1 aliphatic heterocycles. The number of benzene rings is 2. The molecule has 1 aromatic heterocycles. The van der Waals surface area contributed by atoms with E-state index in [1.807, 2.05) is 49.3 Å². The van der Waals surface area contributed by atoms with Gasteiger partial charge in [-0.25, -0.2) is 0 Å². The molecule has 1 atom stereocenters. The summed E-state index contributed by atoms with van der Waals surface area (Å²) in [6.45, 7) is 0.128. The van der Waals surface area contributed by atoms with E-state index in [1.165, 1.54) is 11.2 Å². The zero-order chi connectivity index (χ0) is 21.3. The maximum atomic E-state index is 13.0. The van der Waals surface area contributed by atoms with E-state index in [4.69, 9.17) is 4.42 Å². The molecule has 0 aliphatic carbocycles. The zero-order valence-electron chi connectivity index (χ0n) is 16.8. The highest BCUT2D eigenvalue weighted by Crippen LogP contribution is 2.40. The summed E-state index contributed by atoms with van der Waals surface area (Å²) in [6, 6.07) is 19.1. The lowest BCUT2D eigenvalue weighted by molar-refractivity contribution is -0.140. The molecule has 1 fully saturated rings. The van der Waals surface area contributed by atoms with Crippen LogP contribution in [0, 0.1) is 0 Å². The molecule has 2 heterocycles. The van der Waals surface area contributed by atoms with Crippen LogP contribution in [0.25, 0.3) is 5.76 Å². The molecule has 30 heavy (non-hydrogen) atoms. The van der Waals surface area contributed by atoms with Gasteiger partial charge in [0.1, 0.15) is 11.5 Å². The van der Waals surface area contributed by atoms with Crippen LogP contribution in [0.15, 0.2) is 83.0 Å². The second-order valence-corrected chi connectivity index (χ2v) is 7.36. The Hall–Kier alpha value is -3.80. The number of hydrogen-bond donors (Lipinski definition) is 1. The summed E-state index contributed by atoms with van der Waals surface area (Å²) < 4.78 is 5.40. The van der Waals surface area contributed by atoms with Crippen molar-refractivity contribution in [2.24, 2.45) is 0 Å². The number of aliphatic hydroxyl groups is 1. The van der Waals surface area contributed by atoms with Crippen LogP contribution in [0.5, 0.6) is 0 Å². The lowest BCUT2D eigenvalue weighted by Gasteiger charge is -2.25. The fraction of sp³-hybridized carbons (Fsp3) is 0.167. The number of ketones is 1. The van der Waals surface area contributed by atoms with Crippen molar-refractivity contribution in [2.75, 3.05) is 19.0 Å². The SMILES string of the molecule is CN(C)c1ccc(C2/C(=C(\O)c3ccccc3)C(=O)C(=O)N2Cc2ccco2)cc1. The lowest BCUT2D eigenvalue weighted by Crippen LogP contribution is -2.29. The van der Waals surface area contributed by atoms with Crippen LogP contribution in [0.1, 0.15) is 22.9 Å². The number of carbonyl (C=O) groups excluding carboxylic acids is 2. The predicted molar refractivity (Wildman–Crippen MR) is 114 cm³/mol. The van der Waals surface area contributed by atoms with Gasteiger partial charge in [0.15, 0.2) is 0 Å². The van der Waals surface area contributed by atoms with Crippen LogP contribution in [0.2, 0.25) is 0 Å². The first-order valence-corrected chi connectivity index (χ1v) is 9.61. The second kappa shape index (κ2) is 7.91. The normalized spacial score (nSPS) is 18.1. The van der Waals surface area contributed by atoms with E-state index < -0.39 is 17.7 Å². The minimum absolute atomic E-state index is 0.0790. The Kier molecular flexibility index (Phi) is 5.14. The fourth-order valence-corrected chi connectivity index (χ4v) is 3.67. The van der Waals surface area contributed by atoms with Gasteiger partial charge in [-0.2, -0.15) is 0 Å². The van der Waals surface area contributed by atoms with Gasteiger partial charge in [0, 0.05) is 25.3 Å². The van der Waals surface area contributed by atoms with Crippen LogP contribution in [0.4, 0.5) is 5.69 Å². The van der Waals surface area contributed by atoms with E-state index in [9.17, 15) is 14.7 Å². The Balaban J connectivity index is 1.85. The first-order chi connectivity index (χ1) is 14.5. The fourth-order valence-electron chi connectivity index (χ4n) is 3.67. The molecule has 152 valence electrons. The Labute approximate surface area is 174 Å². The molecule has 0 bridgehead atoms. The second-order valence-electron chi connectivity index (χ2n) is 7.36. The van der Waals surface area contributed by atoms with Crippen molar-refractivity contribution in [3.63, 3.8) is 0 Å². The molecular formula is C24H22N2O4. The largest absolute Gasteiger partial charge is 0.507 e. The molecule has 4 rings (SSSR count). The summed E-state index contributed by atoms with van der Waals surface area (Å²) in [7, 11) is 3.88. The zero-order valence-corrected chi connectivity index (χ0v) is 16.8. The number of amides is 1. The number of hydrogen-bond acceptors (Lipinski definition) is 5. The number of rotatable bonds is 5. The number of carbonyl (C=O) groups is 2. The Morgan fingerprint density at radius 1 is 1.00 bits per heavy atom. The molecule has 1 aliphatic rings. The van der Waals surface area contributed by atoms with Crippen molar-refractivity contribution in [3.05, 3.63) is 95.5 Å². The molecule has 6 heteroatoms. The predicted octanol–water partition coefficient (Wildman–Crippen LogP) is 3.97. The van der Waals surface area contributed by atoms with Gasteiger partial charge in [0.25, 0.3) is 11.7 Å². The molecule has 1 saturated heterocycles. The smallest absolute Gasteiger partial charge is 0.296 e. The molecule has 2 aromatic carbocycles. The van der Waals surface area contributed by atoms with Gasteiger partial charge in [-0.05, 0) is 29.8 Å². The molecule has 0 radical (unpaired) electrons. The van der Waals surface area contributed by atoms with Crippen molar-refractivity contribution in [2.45, 2.75) is 12.6 Å². The van der Waals surface area contributed by atoms with Gasteiger partial charge in [0.2, 0.25) is 0 Å². The summed E-state index contributed by atoms with van der Waals surface area (Å²) >= 11 is 0. The molecule has 0 spiro atoms. The molecule has 0 saturated carbocycles. The summed E-state index contributed by atoms with van der Waals surface area (Å²) in [6.07, 6.45) is 1.52. The summed E-state index contributed by atoms with van der Waals surface area (Å²) in [5.41, 5.74) is 2.30. The molecule has 6 nitrogen and oxygen atoms in total. The summed E-state index contributed by atoms with van der Waals surface area (Å²) in [5.74, 6) is -0.987. The van der Waals surface area contributed by atoms with Gasteiger partial charge in [-0.15, -0.1) is 0 Å². The van der Waals surface area contributed by atoms with Crippen LogP contribution in [0.3, 0.4) is 0 Å². The third-order valence-corrected chi connectivity index (χ3v) is 5.22. The van der Waals surface area contributed by atoms with Crippen molar-refractivity contribution in [1.29, 1.82) is 0 Å². The van der Waals surface area contributed by atoms with Gasteiger partial charge >= 0.3 is 0 Å².